The summed E-state index contributed by atoms with van der Waals surface area (Å²) >= 11 is 3.36. The molecule has 0 bridgehead atoms. The van der Waals surface area contributed by atoms with Gasteiger partial charge in [0.1, 0.15) is 5.92 Å². The van der Waals surface area contributed by atoms with Crippen LogP contribution in [0.25, 0.3) is 0 Å². The monoisotopic (exact) mass is 316 g/mol. The second-order valence-corrected chi connectivity index (χ2v) is 4.61. The Morgan fingerprint density at radius 1 is 1.22 bits per heavy atom. The lowest BCUT2D eigenvalue weighted by Gasteiger charge is -2.15. The van der Waals surface area contributed by atoms with E-state index in [0.29, 0.717) is 13.2 Å². The van der Waals surface area contributed by atoms with Crippen molar-refractivity contribution in [2.24, 2.45) is 0 Å². The van der Waals surface area contributed by atoms with E-state index in [1.807, 2.05) is 24.3 Å². The maximum atomic E-state index is 11.7. The fourth-order valence-corrected chi connectivity index (χ4v) is 1.75. The highest BCUT2D eigenvalue weighted by molar-refractivity contribution is 9.10. The van der Waals surface area contributed by atoms with Crippen LogP contribution in [-0.4, -0.2) is 40.0 Å². The van der Waals surface area contributed by atoms with Crippen molar-refractivity contribution in [3.63, 3.8) is 0 Å². The molecule has 1 aromatic rings. The molecule has 0 spiro atoms. The van der Waals surface area contributed by atoms with Gasteiger partial charge in [-0.05, 0) is 17.7 Å². The molecule has 0 N–H and O–H groups in total. The third kappa shape index (κ3) is 4.76. The van der Waals surface area contributed by atoms with Gasteiger partial charge in [-0.3, -0.25) is 4.79 Å². The van der Waals surface area contributed by atoms with Crippen LogP contribution in [0, 0.1) is 0 Å². The quantitative estimate of drug-likeness (QED) is 0.572. The van der Waals surface area contributed by atoms with Crippen LogP contribution in [0.4, 0.5) is 0 Å². The lowest BCUT2D eigenvalue weighted by atomic mass is 10.0. The number of esters is 1. The second-order valence-electron chi connectivity index (χ2n) is 3.70. The van der Waals surface area contributed by atoms with Gasteiger partial charge in [0.25, 0.3) is 0 Å². The molecule has 0 aliphatic rings. The number of benzene rings is 1. The number of hydrogen-bond donors (Lipinski definition) is 0. The first-order valence-corrected chi connectivity index (χ1v) is 6.38. The van der Waals surface area contributed by atoms with E-state index in [-0.39, 0.29) is 12.6 Å². The zero-order chi connectivity index (χ0) is 13.4. The third-order valence-corrected chi connectivity index (χ3v) is 3.00. The van der Waals surface area contributed by atoms with Gasteiger partial charge in [0.15, 0.2) is 0 Å². The first-order valence-electron chi connectivity index (χ1n) is 5.59. The van der Waals surface area contributed by atoms with Crippen molar-refractivity contribution in [2.75, 3.05) is 34.0 Å². The Labute approximate surface area is 115 Å². The molecule has 4 nitrogen and oxygen atoms in total. The van der Waals surface area contributed by atoms with Gasteiger partial charge in [0.2, 0.25) is 0 Å². The summed E-state index contributed by atoms with van der Waals surface area (Å²) in [7, 11) is 2.99. The van der Waals surface area contributed by atoms with E-state index >= 15 is 0 Å². The highest BCUT2D eigenvalue weighted by Gasteiger charge is 2.21. The first kappa shape index (κ1) is 15.1. The molecule has 0 aliphatic carbocycles. The van der Waals surface area contributed by atoms with Crippen molar-refractivity contribution in [3.05, 3.63) is 34.3 Å². The van der Waals surface area contributed by atoms with Crippen LogP contribution in [0.3, 0.4) is 0 Å². The fraction of sp³-hybridized carbons (Fsp3) is 0.462. The van der Waals surface area contributed by atoms with Crippen molar-refractivity contribution in [2.45, 2.75) is 5.92 Å². The van der Waals surface area contributed by atoms with E-state index in [1.165, 1.54) is 7.11 Å². The zero-order valence-corrected chi connectivity index (χ0v) is 12.1. The van der Waals surface area contributed by atoms with Gasteiger partial charge in [-0.15, -0.1) is 0 Å². The van der Waals surface area contributed by atoms with Gasteiger partial charge in [0.05, 0.1) is 26.9 Å². The molecule has 0 saturated carbocycles. The topological polar surface area (TPSA) is 44.8 Å². The minimum absolute atomic E-state index is 0.289. The molecule has 1 aromatic carbocycles. The van der Waals surface area contributed by atoms with Crippen LogP contribution in [0.2, 0.25) is 0 Å². The number of rotatable bonds is 7. The molecular weight excluding hydrogens is 300 g/mol. The molecule has 0 amide bonds. The van der Waals surface area contributed by atoms with E-state index < -0.39 is 5.92 Å². The molecule has 0 unspecified atom stereocenters. The fourth-order valence-electron chi connectivity index (χ4n) is 1.48. The van der Waals surface area contributed by atoms with E-state index in [1.54, 1.807) is 7.11 Å². The minimum atomic E-state index is -0.403. The van der Waals surface area contributed by atoms with Crippen molar-refractivity contribution in [1.29, 1.82) is 0 Å². The Bertz CT molecular complexity index is 364. The normalized spacial score (nSPS) is 12.2. The zero-order valence-electron chi connectivity index (χ0n) is 10.5. The Kier molecular flexibility index (Phi) is 6.93. The predicted molar refractivity (Wildman–Crippen MR) is 71.6 cm³/mol. The van der Waals surface area contributed by atoms with E-state index in [0.717, 1.165) is 10.0 Å². The number of carbonyl (C=O) groups is 1. The molecule has 0 fully saturated rings. The molecule has 5 heteroatoms. The molecule has 1 rings (SSSR count). The molecule has 0 aliphatic heterocycles. The Balaban J connectivity index is 2.66. The maximum absolute atomic E-state index is 11.7. The molecule has 0 saturated heterocycles. The number of methoxy groups -OCH3 is 2. The highest BCUT2D eigenvalue weighted by atomic mass is 79.9. The van der Waals surface area contributed by atoms with Gasteiger partial charge in [-0.2, -0.15) is 0 Å². The van der Waals surface area contributed by atoms with Gasteiger partial charge in [0, 0.05) is 11.6 Å². The average Bonchev–Trinajstić information content (AvgIpc) is 2.39. The van der Waals surface area contributed by atoms with Crippen LogP contribution in [0.5, 0.6) is 0 Å². The number of halogens is 1. The van der Waals surface area contributed by atoms with E-state index in [9.17, 15) is 4.79 Å². The number of ether oxygens (including phenoxy) is 3. The largest absolute Gasteiger partial charge is 0.468 e. The van der Waals surface area contributed by atoms with Crippen LogP contribution in [0.15, 0.2) is 28.7 Å². The molecular formula is C13H17BrO4. The SMILES string of the molecule is COCCOC[C@@H](C(=O)OC)c1ccc(Br)cc1. The van der Waals surface area contributed by atoms with Gasteiger partial charge >= 0.3 is 5.97 Å². The second kappa shape index (κ2) is 8.24. The molecule has 0 heterocycles. The standard InChI is InChI=1S/C13H17BrO4/c1-16-7-8-18-9-12(13(15)17-2)10-3-5-11(14)6-4-10/h3-6,12H,7-9H2,1-2H3/t12-/m1/s1. The highest BCUT2D eigenvalue weighted by Crippen LogP contribution is 2.20. The van der Waals surface area contributed by atoms with Crippen LogP contribution in [0.1, 0.15) is 11.5 Å². The van der Waals surface area contributed by atoms with Crippen molar-refractivity contribution < 1.29 is 19.0 Å². The third-order valence-electron chi connectivity index (χ3n) is 2.47. The smallest absolute Gasteiger partial charge is 0.315 e. The molecule has 18 heavy (non-hydrogen) atoms. The Hall–Kier alpha value is -0.910. The summed E-state index contributed by atoms with van der Waals surface area (Å²) in [6.07, 6.45) is 0. The summed E-state index contributed by atoms with van der Waals surface area (Å²) in [5.41, 5.74) is 0.877. The molecule has 1 atom stereocenters. The number of hydrogen-bond acceptors (Lipinski definition) is 4. The summed E-state index contributed by atoms with van der Waals surface area (Å²) in [5, 5.41) is 0. The first-order chi connectivity index (χ1) is 8.69. The van der Waals surface area contributed by atoms with Gasteiger partial charge in [-0.1, -0.05) is 28.1 Å². The summed E-state index contributed by atoms with van der Waals surface area (Å²) in [6, 6.07) is 7.54. The summed E-state index contributed by atoms with van der Waals surface area (Å²) in [5.74, 6) is -0.699. The van der Waals surface area contributed by atoms with Gasteiger partial charge < -0.3 is 14.2 Å². The van der Waals surface area contributed by atoms with Crippen molar-refractivity contribution >= 4 is 21.9 Å². The van der Waals surface area contributed by atoms with Crippen LogP contribution >= 0.6 is 15.9 Å². The lowest BCUT2D eigenvalue weighted by molar-refractivity contribution is -0.144. The van der Waals surface area contributed by atoms with Crippen LogP contribution < -0.4 is 0 Å². The summed E-state index contributed by atoms with van der Waals surface area (Å²) in [4.78, 5) is 11.7. The molecule has 100 valence electrons. The lowest BCUT2D eigenvalue weighted by Crippen LogP contribution is -2.20. The molecule has 0 radical (unpaired) electrons. The predicted octanol–water partition coefficient (Wildman–Crippen LogP) is 2.37. The van der Waals surface area contributed by atoms with Crippen molar-refractivity contribution in [1.82, 2.24) is 0 Å². The van der Waals surface area contributed by atoms with E-state index in [2.05, 4.69) is 15.9 Å². The van der Waals surface area contributed by atoms with Gasteiger partial charge in [-0.25, -0.2) is 0 Å². The Morgan fingerprint density at radius 3 is 2.44 bits per heavy atom. The average molecular weight is 317 g/mol. The minimum Gasteiger partial charge on any atom is -0.468 e. The summed E-state index contributed by atoms with van der Waals surface area (Å²) in [6.45, 7) is 1.26. The Morgan fingerprint density at radius 2 is 1.89 bits per heavy atom. The maximum Gasteiger partial charge on any atom is 0.315 e. The molecule has 0 aromatic heterocycles. The summed E-state index contributed by atoms with van der Waals surface area (Å²) < 4.78 is 16.1. The van der Waals surface area contributed by atoms with Crippen molar-refractivity contribution in [3.8, 4) is 0 Å². The van der Waals surface area contributed by atoms with Crippen LogP contribution in [-0.2, 0) is 19.0 Å². The van der Waals surface area contributed by atoms with E-state index in [4.69, 9.17) is 14.2 Å². The number of carbonyl (C=O) groups excluding carboxylic acids is 1.